The van der Waals surface area contributed by atoms with Gasteiger partial charge in [0.1, 0.15) is 10.7 Å². The highest BCUT2D eigenvalue weighted by molar-refractivity contribution is 7.19. The number of hydrogen-bond donors (Lipinski definition) is 1. The Labute approximate surface area is 123 Å². The van der Waals surface area contributed by atoms with E-state index in [-0.39, 0.29) is 18.9 Å². The zero-order valence-electron chi connectivity index (χ0n) is 11.2. The zero-order chi connectivity index (χ0) is 14.8. The molecule has 8 heteroatoms. The van der Waals surface area contributed by atoms with E-state index < -0.39 is 5.97 Å². The SMILES string of the molecule is CCOC(=O)c1nc2sc(-c3ccncc3)nn2c1CO. The van der Waals surface area contributed by atoms with E-state index in [0.29, 0.717) is 10.7 Å². The predicted molar refractivity (Wildman–Crippen MR) is 76.0 cm³/mol. The van der Waals surface area contributed by atoms with Crippen LogP contribution in [0.1, 0.15) is 23.1 Å². The van der Waals surface area contributed by atoms with Gasteiger partial charge >= 0.3 is 5.97 Å². The molecule has 0 fully saturated rings. The molecule has 21 heavy (non-hydrogen) atoms. The number of fused-ring (bicyclic) bond motifs is 1. The van der Waals surface area contributed by atoms with Gasteiger partial charge in [0.2, 0.25) is 4.96 Å². The summed E-state index contributed by atoms with van der Waals surface area (Å²) in [5.74, 6) is -0.551. The Hall–Kier alpha value is -2.32. The molecule has 108 valence electrons. The normalized spacial score (nSPS) is 11.0. The van der Waals surface area contributed by atoms with E-state index in [4.69, 9.17) is 4.74 Å². The smallest absolute Gasteiger partial charge is 0.359 e. The first-order chi connectivity index (χ1) is 10.2. The molecule has 3 rings (SSSR count). The van der Waals surface area contributed by atoms with Crippen molar-refractivity contribution in [2.45, 2.75) is 13.5 Å². The molecule has 0 bridgehead atoms. The van der Waals surface area contributed by atoms with Crippen LogP contribution in [-0.4, -0.2) is 37.3 Å². The van der Waals surface area contributed by atoms with Crippen LogP contribution in [0.4, 0.5) is 0 Å². The Morgan fingerprint density at radius 3 is 2.86 bits per heavy atom. The fourth-order valence-electron chi connectivity index (χ4n) is 1.91. The predicted octanol–water partition coefficient (Wildman–Crippen LogP) is 1.52. The van der Waals surface area contributed by atoms with Crippen molar-refractivity contribution in [3.63, 3.8) is 0 Å². The van der Waals surface area contributed by atoms with Crippen LogP contribution in [0, 0.1) is 0 Å². The van der Waals surface area contributed by atoms with E-state index in [1.165, 1.54) is 15.9 Å². The van der Waals surface area contributed by atoms with Crippen molar-refractivity contribution in [3.05, 3.63) is 35.9 Å². The minimum atomic E-state index is -0.551. The van der Waals surface area contributed by atoms with Crippen molar-refractivity contribution in [3.8, 4) is 10.6 Å². The molecule has 0 aliphatic carbocycles. The number of carbonyl (C=O) groups is 1. The molecular weight excluding hydrogens is 292 g/mol. The third kappa shape index (κ3) is 2.39. The third-order valence-electron chi connectivity index (χ3n) is 2.84. The van der Waals surface area contributed by atoms with Crippen molar-refractivity contribution in [2.75, 3.05) is 6.61 Å². The van der Waals surface area contributed by atoms with E-state index >= 15 is 0 Å². The summed E-state index contributed by atoms with van der Waals surface area (Å²) in [4.78, 5) is 20.5. The third-order valence-corrected chi connectivity index (χ3v) is 3.80. The molecule has 0 spiro atoms. The lowest BCUT2D eigenvalue weighted by Crippen LogP contribution is -2.09. The van der Waals surface area contributed by atoms with Gasteiger partial charge in [-0.1, -0.05) is 11.3 Å². The molecule has 1 N–H and O–H groups in total. The van der Waals surface area contributed by atoms with Gasteiger partial charge in [0, 0.05) is 18.0 Å². The molecule has 0 amide bonds. The average Bonchev–Trinajstić information content (AvgIpc) is 3.05. The van der Waals surface area contributed by atoms with Crippen molar-refractivity contribution in [1.82, 2.24) is 19.6 Å². The highest BCUT2D eigenvalue weighted by atomic mass is 32.1. The van der Waals surface area contributed by atoms with Crippen LogP contribution in [0.3, 0.4) is 0 Å². The van der Waals surface area contributed by atoms with E-state index in [0.717, 1.165) is 10.6 Å². The highest BCUT2D eigenvalue weighted by Crippen LogP contribution is 2.27. The summed E-state index contributed by atoms with van der Waals surface area (Å²) in [6.45, 7) is 1.63. The molecule has 0 aliphatic rings. The summed E-state index contributed by atoms with van der Waals surface area (Å²) in [5.41, 5.74) is 1.35. The second kappa shape index (κ2) is 5.58. The van der Waals surface area contributed by atoms with Gasteiger partial charge in [-0.2, -0.15) is 5.10 Å². The highest BCUT2D eigenvalue weighted by Gasteiger charge is 2.22. The summed E-state index contributed by atoms with van der Waals surface area (Å²) in [6.07, 6.45) is 3.35. The summed E-state index contributed by atoms with van der Waals surface area (Å²) >= 11 is 1.33. The molecule has 7 nitrogen and oxygen atoms in total. The van der Waals surface area contributed by atoms with Gasteiger partial charge in [-0.3, -0.25) is 4.98 Å². The molecule has 0 saturated carbocycles. The van der Waals surface area contributed by atoms with Gasteiger partial charge in [-0.25, -0.2) is 14.3 Å². The van der Waals surface area contributed by atoms with Crippen LogP contribution in [0.2, 0.25) is 0 Å². The van der Waals surface area contributed by atoms with Gasteiger partial charge < -0.3 is 9.84 Å². The summed E-state index contributed by atoms with van der Waals surface area (Å²) in [7, 11) is 0. The van der Waals surface area contributed by atoms with Crippen molar-refractivity contribution in [2.24, 2.45) is 0 Å². The molecule has 3 heterocycles. The van der Waals surface area contributed by atoms with E-state index in [1.807, 2.05) is 12.1 Å². The lowest BCUT2D eigenvalue weighted by Gasteiger charge is -2.00. The molecule has 0 saturated heterocycles. The number of aliphatic hydroxyl groups is 1. The Balaban J connectivity index is 2.08. The molecule has 0 aliphatic heterocycles. The van der Waals surface area contributed by atoms with Crippen LogP contribution in [-0.2, 0) is 11.3 Å². The van der Waals surface area contributed by atoms with Gasteiger partial charge in [-0.05, 0) is 19.1 Å². The zero-order valence-corrected chi connectivity index (χ0v) is 12.0. The van der Waals surface area contributed by atoms with Gasteiger partial charge in [0.05, 0.1) is 13.2 Å². The maximum Gasteiger partial charge on any atom is 0.359 e. The van der Waals surface area contributed by atoms with Gasteiger partial charge in [0.15, 0.2) is 5.69 Å². The fraction of sp³-hybridized carbons (Fsp3) is 0.231. The van der Waals surface area contributed by atoms with Crippen LogP contribution in [0.5, 0.6) is 0 Å². The first-order valence-corrected chi connectivity index (χ1v) is 7.13. The molecular formula is C13H12N4O3S. The second-order valence-electron chi connectivity index (χ2n) is 4.12. The van der Waals surface area contributed by atoms with Gasteiger partial charge in [0.25, 0.3) is 0 Å². The number of imidazole rings is 1. The van der Waals surface area contributed by atoms with Crippen LogP contribution in [0.15, 0.2) is 24.5 Å². The van der Waals surface area contributed by atoms with E-state index in [2.05, 4.69) is 15.1 Å². The first-order valence-electron chi connectivity index (χ1n) is 6.31. The lowest BCUT2D eigenvalue weighted by molar-refractivity contribution is 0.0516. The number of esters is 1. The summed E-state index contributed by atoms with van der Waals surface area (Å²) in [5, 5.41) is 14.6. The van der Waals surface area contributed by atoms with Crippen LogP contribution < -0.4 is 0 Å². The Morgan fingerprint density at radius 1 is 1.43 bits per heavy atom. The van der Waals surface area contributed by atoms with Crippen molar-refractivity contribution >= 4 is 22.3 Å². The maximum atomic E-state index is 11.8. The second-order valence-corrected chi connectivity index (χ2v) is 5.08. The average molecular weight is 304 g/mol. The number of hydrogen-bond acceptors (Lipinski definition) is 7. The number of nitrogens with zero attached hydrogens (tertiary/aromatic N) is 4. The van der Waals surface area contributed by atoms with Crippen LogP contribution in [0.25, 0.3) is 15.5 Å². The molecule has 0 aromatic carbocycles. The topological polar surface area (TPSA) is 89.6 Å². The van der Waals surface area contributed by atoms with Crippen molar-refractivity contribution in [1.29, 1.82) is 0 Å². The number of pyridine rings is 1. The summed E-state index contributed by atoms with van der Waals surface area (Å²) in [6, 6.07) is 3.67. The Bertz CT molecular complexity index is 781. The van der Waals surface area contributed by atoms with Crippen molar-refractivity contribution < 1.29 is 14.6 Å². The lowest BCUT2D eigenvalue weighted by atomic mass is 10.3. The minimum Gasteiger partial charge on any atom is -0.461 e. The molecule has 3 aromatic rings. The quantitative estimate of drug-likeness (QED) is 0.735. The summed E-state index contributed by atoms with van der Waals surface area (Å²) < 4.78 is 6.41. The van der Waals surface area contributed by atoms with Gasteiger partial charge in [-0.15, -0.1) is 0 Å². The fourth-order valence-corrected chi connectivity index (χ4v) is 2.83. The molecule has 0 radical (unpaired) electrons. The molecule has 3 aromatic heterocycles. The number of aliphatic hydroxyl groups excluding tert-OH is 1. The number of carbonyl (C=O) groups excluding carboxylic acids is 1. The van der Waals surface area contributed by atoms with E-state index in [9.17, 15) is 9.90 Å². The standard InChI is InChI=1S/C13H12N4O3S/c1-2-20-12(19)10-9(7-18)17-13(15-10)21-11(16-17)8-3-5-14-6-4-8/h3-6,18H,2,7H2,1H3. The number of rotatable bonds is 4. The number of ether oxygens (including phenoxy) is 1. The molecule has 0 unspecified atom stereocenters. The minimum absolute atomic E-state index is 0.111. The first kappa shape index (κ1) is 13.7. The Kier molecular flexibility index (Phi) is 3.63. The number of aromatic nitrogens is 4. The maximum absolute atomic E-state index is 11.8. The largest absolute Gasteiger partial charge is 0.461 e. The molecule has 0 atom stereocenters. The van der Waals surface area contributed by atoms with Crippen LogP contribution >= 0.6 is 11.3 Å². The van der Waals surface area contributed by atoms with E-state index in [1.54, 1.807) is 19.3 Å². The monoisotopic (exact) mass is 304 g/mol. The Morgan fingerprint density at radius 2 is 2.19 bits per heavy atom.